The quantitative estimate of drug-likeness (QED) is 0.744. The monoisotopic (exact) mass is 264 g/mol. The lowest BCUT2D eigenvalue weighted by Crippen LogP contribution is -2.40. The van der Waals surface area contributed by atoms with Gasteiger partial charge < -0.3 is 10.5 Å². The number of hydrogen-bond acceptors (Lipinski definition) is 3. The molecule has 0 radical (unpaired) electrons. The first-order valence-corrected chi connectivity index (χ1v) is 7.20. The molecule has 3 nitrogen and oxygen atoms in total. The SMILES string of the molecule is CCC(C)N(CCOC)CC(CN)c1ccccc1. The Morgan fingerprint density at radius 3 is 2.47 bits per heavy atom. The van der Waals surface area contributed by atoms with Gasteiger partial charge in [-0.05, 0) is 18.9 Å². The molecule has 2 atom stereocenters. The number of rotatable bonds is 9. The fourth-order valence-corrected chi connectivity index (χ4v) is 2.28. The maximum Gasteiger partial charge on any atom is 0.0589 e. The molecule has 0 aliphatic heterocycles. The van der Waals surface area contributed by atoms with Crippen LogP contribution in [0.1, 0.15) is 31.7 Å². The lowest BCUT2D eigenvalue weighted by molar-refractivity contribution is 0.118. The van der Waals surface area contributed by atoms with Gasteiger partial charge in [-0.2, -0.15) is 0 Å². The van der Waals surface area contributed by atoms with Crippen molar-refractivity contribution >= 4 is 0 Å². The molecule has 19 heavy (non-hydrogen) atoms. The van der Waals surface area contributed by atoms with Crippen molar-refractivity contribution in [3.8, 4) is 0 Å². The van der Waals surface area contributed by atoms with Crippen LogP contribution < -0.4 is 5.73 Å². The van der Waals surface area contributed by atoms with Gasteiger partial charge in [0.1, 0.15) is 0 Å². The molecule has 0 heterocycles. The highest BCUT2D eigenvalue weighted by atomic mass is 16.5. The van der Waals surface area contributed by atoms with E-state index in [0.29, 0.717) is 18.5 Å². The molecule has 0 aromatic heterocycles. The first-order valence-electron chi connectivity index (χ1n) is 7.20. The summed E-state index contributed by atoms with van der Waals surface area (Å²) >= 11 is 0. The Hall–Kier alpha value is -0.900. The molecule has 108 valence electrons. The first kappa shape index (κ1) is 16.2. The molecule has 1 aromatic rings. The van der Waals surface area contributed by atoms with Crippen molar-refractivity contribution < 1.29 is 4.74 Å². The van der Waals surface area contributed by atoms with E-state index < -0.39 is 0 Å². The lowest BCUT2D eigenvalue weighted by Gasteiger charge is -2.31. The third kappa shape index (κ3) is 5.31. The summed E-state index contributed by atoms with van der Waals surface area (Å²) in [5, 5.41) is 0. The topological polar surface area (TPSA) is 38.5 Å². The molecule has 2 N–H and O–H groups in total. The number of nitrogens with zero attached hydrogens (tertiary/aromatic N) is 1. The van der Waals surface area contributed by atoms with E-state index in [4.69, 9.17) is 10.5 Å². The molecule has 0 amide bonds. The van der Waals surface area contributed by atoms with Crippen LogP contribution in [0.15, 0.2) is 30.3 Å². The van der Waals surface area contributed by atoms with Crippen LogP contribution in [0.4, 0.5) is 0 Å². The predicted octanol–water partition coefficient (Wildman–Crippen LogP) is 2.48. The van der Waals surface area contributed by atoms with Crippen molar-refractivity contribution in [3.05, 3.63) is 35.9 Å². The summed E-state index contributed by atoms with van der Waals surface area (Å²) in [4.78, 5) is 2.48. The Morgan fingerprint density at radius 2 is 1.95 bits per heavy atom. The second kappa shape index (κ2) is 9.08. The zero-order valence-corrected chi connectivity index (χ0v) is 12.5. The molecule has 3 heteroatoms. The van der Waals surface area contributed by atoms with Crippen LogP contribution >= 0.6 is 0 Å². The van der Waals surface area contributed by atoms with Crippen molar-refractivity contribution in [2.45, 2.75) is 32.2 Å². The molecule has 0 saturated carbocycles. The van der Waals surface area contributed by atoms with Crippen molar-refractivity contribution in [1.29, 1.82) is 0 Å². The maximum absolute atomic E-state index is 5.97. The number of methoxy groups -OCH3 is 1. The summed E-state index contributed by atoms with van der Waals surface area (Å²) in [6, 6.07) is 11.1. The van der Waals surface area contributed by atoms with Gasteiger partial charge in [0.05, 0.1) is 6.61 Å². The van der Waals surface area contributed by atoms with E-state index in [1.807, 2.05) is 0 Å². The Labute approximate surface area is 117 Å². The van der Waals surface area contributed by atoms with E-state index in [0.717, 1.165) is 26.1 Å². The summed E-state index contributed by atoms with van der Waals surface area (Å²) in [5.74, 6) is 0.395. The smallest absolute Gasteiger partial charge is 0.0589 e. The molecule has 0 bridgehead atoms. The summed E-state index contributed by atoms with van der Waals surface area (Å²) in [5.41, 5.74) is 7.29. The van der Waals surface area contributed by atoms with Crippen LogP contribution in [-0.4, -0.2) is 44.3 Å². The molecule has 0 fully saturated rings. The van der Waals surface area contributed by atoms with Gasteiger partial charge in [-0.1, -0.05) is 37.3 Å². The number of hydrogen-bond donors (Lipinski definition) is 1. The van der Waals surface area contributed by atoms with E-state index in [-0.39, 0.29) is 0 Å². The molecule has 0 spiro atoms. The van der Waals surface area contributed by atoms with Gasteiger partial charge in [0.15, 0.2) is 0 Å². The predicted molar refractivity (Wildman–Crippen MR) is 81.4 cm³/mol. The van der Waals surface area contributed by atoms with Crippen LogP contribution in [0.3, 0.4) is 0 Å². The fraction of sp³-hybridized carbons (Fsp3) is 0.625. The van der Waals surface area contributed by atoms with E-state index >= 15 is 0 Å². The maximum atomic E-state index is 5.97. The fourth-order valence-electron chi connectivity index (χ4n) is 2.28. The zero-order chi connectivity index (χ0) is 14.1. The Bertz CT molecular complexity index is 329. The Kier molecular flexibility index (Phi) is 7.72. The molecule has 2 unspecified atom stereocenters. The molecule has 0 aliphatic rings. The minimum Gasteiger partial charge on any atom is -0.383 e. The largest absolute Gasteiger partial charge is 0.383 e. The average Bonchev–Trinajstić information content (AvgIpc) is 2.47. The number of ether oxygens (including phenoxy) is 1. The second-order valence-electron chi connectivity index (χ2n) is 5.09. The Morgan fingerprint density at radius 1 is 1.26 bits per heavy atom. The van der Waals surface area contributed by atoms with E-state index in [1.165, 1.54) is 5.56 Å². The van der Waals surface area contributed by atoms with Crippen LogP contribution in [0.2, 0.25) is 0 Å². The van der Waals surface area contributed by atoms with Crippen molar-refractivity contribution in [1.82, 2.24) is 4.90 Å². The molecule has 0 saturated heterocycles. The normalized spacial score (nSPS) is 14.6. The Balaban J connectivity index is 2.69. The third-order valence-electron chi connectivity index (χ3n) is 3.81. The highest BCUT2D eigenvalue weighted by molar-refractivity contribution is 5.20. The summed E-state index contributed by atoms with van der Waals surface area (Å²) in [6.07, 6.45) is 1.15. The molecular weight excluding hydrogens is 236 g/mol. The van der Waals surface area contributed by atoms with Crippen molar-refractivity contribution in [3.63, 3.8) is 0 Å². The van der Waals surface area contributed by atoms with Gasteiger partial charge in [-0.25, -0.2) is 0 Å². The van der Waals surface area contributed by atoms with Crippen LogP contribution in [0.25, 0.3) is 0 Å². The van der Waals surface area contributed by atoms with Gasteiger partial charge in [0.2, 0.25) is 0 Å². The average molecular weight is 264 g/mol. The van der Waals surface area contributed by atoms with Crippen molar-refractivity contribution in [2.75, 3.05) is 33.4 Å². The van der Waals surface area contributed by atoms with Gasteiger partial charge in [-0.3, -0.25) is 4.90 Å². The number of benzene rings is 1. The summed E-state index contributed by atoms with van der Waals surface area (Å²) in [7, 11) is 1.76. The van der Waals surface area contributed by atoms with Crippen LogP contribution in [-0.2, 0) is 4.74 Å². The molecular formula is C16H28N2O. The third-order valence-corrected chi connectivity index (χ3v) is 3.81. The van der Waals surface area contributed by atoms with E-state index in [2.05, 4.69) is 49.1 Å². The lowest BCUT2D eigenvalue weighted by atomic mass is 9.98. The highest BCUT2D eigenvalue weighted by Crippen LogP contribution is 2.17. The molecule has 0 aliphatic carbocycles. The highest BCUT2D eigenvalue weighted by Gasteiger charge is 2.18. The molecule has 1 aromatic carbocycles. The van der Waals surface area contributed by atoms with Gasteiger partial charge in [0.25, 0.3) is 0 Å². The summed E-state index contributed by atoms with van der Waals surface area (Å²) < 4.78 is 5.21. The standard InChI is InChI=1S/C16H28N2O/c1-4-14(2)18(10-11-19-3)13-16(12-17)15-8-6-5-7-9-15/h5-9,14,16H,4,10-13,17H2,1-3H3. The van der Waals surface area contributed by atoms with E-state index in [1.54, 1.807) is 7.11 Å². The first-order chi connectivity index (χ1) is 9.22. The number of nitrogens with two attached hydrogens (primary N) is 1. The minimum atomic E-state index is 0.395. The zero-order valence-electron chi connectivity index (χ0n) is 12.5. The van der Waals surface area contributed by atoms with Gasteiger partial charge in [-0.15, -0.1) is 0 Å². The second-order valence-corrected chi connectivity index (χ2v) is 5.09. The minimum absolute atomic E-state index is 0.395. The van der Waals surface area contributed by atoms with Crippen LogP contribution in [0.5, 0.6) is 0 Å². The summed E-state index contributed by atoms with van der Waals surface area (Å²) in [6.45, 7) is 7.92. The van der Waals surface area contributed by atoms with Crippen molar-refractivity contribution in [2.24, 2.45) is 5.73 Å². The van der Waals surface area contributed by atoms with Gasteiger partial charge in [0, 0.05) is 38.7 Å². The molecule has 1 rings (SSSR count). The van der Waals surface area contributed by atoms with Gasteiger partial charge >= 0.3 is 0 Å². The van der Waals surface area contributed by atoms with Crippen LogP contribution in [0, 0.1) is 0 Å². The van der Waals surface area contributed by atoms with E-state index in [9.17, 15) is 0 Å².